The van der Waals surface area contributed by atoms with Crippen molar-refractivity contribution in [2.24, 2.45) is 5.92 Å². The fourth-order valence-corrected chi connectivity index (χ4v) is 3.38. The number of hydrogen-bond acceptors (Lipinski definition) is 3. The molecule has 104 valence electrons. The van der Waals surface area contributed by atoms with Crippen molar-refractivity contribution >= 4 is 0 Å². The summed E-state index contributed by atoms with van der Waals surface area (Å²) in [7, 11) is 0. The lowest BCUT2D eigenvalue weighted by Crippen LogP contribution is -2.41. The highest BCUT2D eigenvalue weighted by Crippen LogP contribution is 2.29. The Bertz CT molecular complexity index is 394. The van der Waals surface area contributed by atoms with Crippen LogP contribution in [0.2, 0.25) is 0 Å². The highest BCUT2D eigenvalue weighted by molar-refractivity contribution is 5.37. The Hall–Kier alpha value is -1.06. The maximum Gasteiger partial charge on any atom is 0.123 e. The van der Waals surface area contributed by atoms with Crippen molar-refractivity contribution in [1.82, 2.24) is 4.90 Å². The number of para-hydroxylation sites is 1. The SMILES string of the molecule is OCCC1CCCN(CC2Cc3ccccc3O2)C1. The summed E-state index contributed by atoms with van der Waals surface area (Å²) in [5.41, 5.74) is 1.34. The second-order valence-electron chi connectivity index (χ2n) is 5.83. The van der Waals surface area contributed by atoms with Crippen LogP contribution in [0.5, 0.6) is 5.75 Å². The monoisotopic (exact) mass is 261 g/mol. The number of aliphatic hydroxyl groups excluding tert-OH is 1. The minimum atomic E-state index is 0.310. The van der Waals surface area contributed by atoms with Crippen LogP contribution in [0.3, 0.4) is 0 Å². The van der Waals surface area contributed by atoms with Gasteiger partial charge in [-0.3, -0.25) is 4.90 Å². The molecule has 3 nitrogen and oxygen atoms in total. The highest BCUT2D eigenvalue weighted by Gasteiger charge is 2.27. The Morgan fingerprint density at radius 1 is 1.32 bits per heavy atom. The van der Waals surface area contributed by atoms with Gasteiger partial charge >= 0.3 is 0 Å². The molecule has 0 radical (unpaired) electrons. The molecule has 0 aromatic heterocycles. The zero-order valence-corrected chi connectivity index (χ0v) is 11.4. The van der Waals surface area contributed by atoms with Gasteiger partial charge in [0.05, 0.1) is 0 Å². The molecule has 1 aromatic carbocycles. The molecule has 0 aliphatic carbocycles. The van der Waals surface area contributed by atoms with Crippen molar-refractivity contribution in [2.75, 3.05) is 26.2 Å². The van der Waals surface area contributed by atoms with Gasteiger partial charge in [0.1, 0.15) is 11.9 Å². The number of nitrogens with zero attached hydrogens (tertiary/aromatic N) is 1. The number of likely N-dealkylation sites (tertiary alicyclic amines) is 1. The summed E-state index contributed by atoms with van der Waals surface area (Å²) in [6, 6.07) is 8.36. The lowest BCUT2D eigenvalue weighted by atomic mass is 9.95. The van der Waals surface area contributed by atoms with E-state index >= 15 is 0 Å². The molecule has 0 amide bonds. The van der Waals surface area contributed by atoms with E-state index in [-0.39, 0.29) is 0 Å². The average molecular weight is 261 g/mol. The minimum absolute atomic E-state index is 0.310. The molecule has 2 unspecified atom stereocenters. The van der Waals surface area contributed by atoms with Gasteiger partial charge < -0.3 is 9.84 Å². The molecule has 1 fully saturated rings. The van der Waals surface area contributed by atoms with Gasteiger partial charge in [0.2, 0.25) is 0 Å². The molecular formula is C16H23NO2. The number of fused-ring (bicyclic) bond motifs is 1. The summed E-state index contributed by atoms with van der Waals surface area (Å²) in [5, 5.41) is 9.06. The Labute approximate surface area is 115 Å². The van der Waals surface area contributed by atoms with Gasteiger partial charge in [0, 0.05) is 26.1 Å². The van der Waals surface area contributed by atoms with Crippen LogP contribution in [0.15, 0.2) is 24.3 Å². The molecule has 2 heterocycles. The summed E-state index contributed by atoms with van der Waals surface area (Å²) in [6.07, 6.45) is 4.82. The largest absolute Gasteiger partial charge is 0.488 e. The van der Waals surface area contributed by atoms with E-state index in [0.717, 1.165) is 31.7 Å². The highest BCUT2D eigenvalue weighted by atomic mass is 16.5. The number of aliphatic hydroxyl groups is 1. The second kappa shape index (κ2) is 5.93. The van der Waals surface area contributed by atoms with E-state index in [1.807, 2.05) is 6.07 Å². The zero-order valence-electron chi connectivity index (χ0n) is 11.4. The predicted molar refractivity (Wildman–Crippen MR) is 75.4 cm³/mol. The summed E-state index contributed by atoms with van der Waals surface area (Å²) in [4.78, 5) is 2.51. The molecule has 19 heavy (non-hydrogen) atoms. The molecule has 2 aliphatic heterocycles. The maximum atomic E-state index is 9.06. The van der Waals surface area contributed by atoms with E-state index in [0.29, 0.717) is 18.6 Å². The first-order chi connectivity index (χ1) is 9.35. The van der Waals surface area contributed by atoms with Gasteiger partial charge in [0.15, 0.2) is 0 Å². The van der Waals surface area contributed by atoms with Crippen LogP contribution in [0.1, 0.15) is 24.8 Å². The number of rotatable bonds is 4. The summed E-state index contributed by atoms with van der Waals surface area (Å²) in [5.74, 6) is 1.74. The van der Waals surface area contributed by atoms with E-state index < -0.39 is 0 Å². The van der Waals surface area contributed by atoms with Gasteiger partial charge in [-0.15, -0.1) is 0 Å². The average Bonchev–Trinajstić information content (AvgIpc) is 2.81. The van der Waals surface area contributed by atoms with Crippen molar-refractivity contribution in [3.63, 3.8) is 0 Å². The Kier molecular flexibility index (Phi) is 4.04. The molecule has 2 atom stereocenters. The third-order valence-corrected chi connectivity index (χ3v) is 4.32. The second-order valence-corrected chi connectivity index (χ2v) is 5.83. The molecule has 1 aromatic rings. The minimum Gasteiger partial charge on any atom is -0.488 e. The lowest BCUT2D eigenvalue weighted by Gasteiger charge is -2.33. The van der Waals surface area contributed by atoms with Crippen LogP contribution in [0, 0.1) is 5.92 Å². The number of piperidine rings is 1. The maximum absolute atomic E-state index is 9.06. The van der Waals surface area contributed by atoms with Gasteiger partial charge in [-0.1, -0.05) is 18.2 Å². The van der Waals surface area contributed by atoms with Crippen LogP contribution in [0.25, 0.3) is 0 Å². The lowest BCUT2D eigenvalue weighted by molar-refractivity contribution is 0.101. The molecule has 0 spiro atoms. The van der Waals surface area contributed by atoms with Gasteiger partial charge in [0.25, 0.3) is 0 Å². The summed E-state index contributed by atoms with van der Waals surface area (Å²) in [6.45, 7) is 3.65. The standard InChI is InChI=1S/C16H23NO2/c18-9-7-13-4-3-8-17(11-13)12-15-10-14-5-1-2-6-16(14)19-15/h1-2,5-6,13,15,18H,3-4,7-12H2. The number of ether oxygens (including phenoxy) is 1. The van der Waals surface area contributed by atoms with Crippen molar-refractivity contribution in [3.05, 3.63) is 29.8 Å². The first-order valence-corrected chi connectivity index (χ1v) is 7.43. The molecule has 1 N–H and O–H groups in total. The van der Waals surface area contributed by atoms with Crippen molar-refractivity contribution in [3.8, 4) is 5.75 Å². The van der Waals surface area contributed by atoms with Crippen LogP contribution >= 0.6 is 0 Å². The van der Waals surface area contributed by atoms with Crippen LogP contribution in [-0.4, -0.2) is 42.4 Å². The predicted octanol–water partition coefficient (Wildman–Crippen LogP) is 2.08. The van der Waals surface area contributed by atoms with Crippen LogP contribution in [0.4, 0.5) is 0 Å². The van der Waals surface area contributed by atoms with Crippen molar-refractivity contribution in [1.29, 1.82) is 0 Å². The molecule has 0 bridgehead atoms. The van der Waals surface area contributed by atoms with Gasteiger partial charge in [-0.25, -0.2) is 0 Å². The molecule has 2 aliphatic rings. The zero-order chi connectivity index (χ0) is 13.1. The van der Waals surface area contributed by atoms with E-state index in [9.17, 15) is 0 Å². The Morgan fingerprint density at radius 2 is 2.21 bits per heavy atom. The fraction of sp³-hybridized carbons (Fsp3) is 0.625. The van der Waals surface area contributed by atoms with Crippen LogP contribution in [-0.2, 0) is 6.42 Å². The molecular weight excluding hydrogens is 238 g/mol. The van der Waals surface area contributed by atoms with E-state index in [4.69, 9.17) is 9.84 Å². The van der Waals surface area contributed by atoms with Gasteiger partial charge in [-0.05, 0) is 43.4 Å². The molecule has 3 heteroatoms. The summed E-state index contributed by atoms with van der Waals surface area (Å²) < 4.78 is 6.01. The Balaban J connectivity index is 1.53. The van der Waals surface area contributed by atoms with Crippen molar-refractivity contribution < 1.29 is 9.84 Å². The topological polar surface area (TPSA) is 32.7 Å². The van der Waals surface area contributed by atoms with E-state index in [1.54, 1.807) is 0 Å². The third-order valence-electron chi connectivity index (χ3n) is 4.32. The molecule has 3 rings (SSSR count). The van der Waals surface area contributed by atoms with Crippen molar-refractivity contribution in [2.45, 2.75) is 31.8 Å². The van der Waals surface area contributed by atoms with Crippen LogP contribution < -0.4 is 4.74 Å². The number of benzene rings is 1. The van der Waals surface area contributed by atoms with Gasteiger partial charge in [-0.2, -0.15) is 0 Å². The van der Waals surface area contributed by atoms with E-state index in [1.165, 1.54) is 24.9 Å². The summed E-state index contributed by atoms with van der Waals surface area (Å²) >= 11 is 0. The third kappa shape index (κ3) is 3.10. The van der Waals surface area contributed by atoms with E-state index in [2.05, 4.69) is 23.1 Å². The normalized spacial score (nSPS) is 27.0. The molecule has 1 saturated heterocycles. The Morgan fingerprint density at radius 3 is 3.05 bits per heavy atom. The fourth-order valence-electron chi connectivity index (χ4n) is 3.38. The quantitative estimate of drug-likeness (QED) is 0.901. The first kappa shape index (κ1) is 12.9. The molecule has 0 saturated carbocycles. The first-order valence-electron chi connectivity index (χ1n) is 7.43. The smallest absolute Gasteiger partial charge is 0.123 e. The number of hydrogen-bond donors (Lipinski definition) is 1.